The number of fused-ring (bicyclic) bond motifs is 1. The Morgan fingerprint density at radius 2 is 1.62 bits per heavy atom. The van der Waals surface area contributed by atoms with Crippen LogP contribution < -0.4 is 0 Å². The van der Waals surface area contributed by atoms with Crippen molar-refractivity contribution in [2.75, 3.05) is 0 Å². The molecule has 0 aliphatic carbocycles. The van der Waals surface area contributed by atoms with Crippen LogP contribution >= 0.6 is 0 Å². The first kappa shape index (κ1) is 8.36. The van der Waals surface area contributed by atoms with Gasteiger partial charge < -0.3 is 4.42 Å². The van der Waals surface area contributed by atoms with E-state index in [0.717, 1.165) is 11.3 Å². The van der Waals surface area contributed by atoms with Crippen molar-refractivity contribution in [2.45, 2.75) is 27.7 Å². The minimum absolute atomic E-state index is 0.989. The summed E-state index contributed by atoms with van der Waals surface area (Å²) in [6.07, 6.45) is 0. The summed E-state index contributed by atoms with van der Waals surface area (Å²) in [5.74, 6) is 0.989. The molecule has 0 unspecified atom stereocenters. The first-order valence-electron chi connectivity index (χ1n) is 4.56. The summed E-state index contributed by atoms with van der Waals surface area (Å²) in [6.45, 7) is 8.43. The summed E-state index contributed by atoms with van der Waals surface area (Å²) in [4.78, 5) is 0. The van der Waals surface area contributed by atoms with E-state index in [0.29, 0.717) is 0 Å². The van der Waals surface area contributed by atoms with Crippen LogP contribution in [0.5, 0.6) is 0 Å². The van der Waals surface area contributed by atoms with Gasteiger partial charge in [0.25, 0.3) is 0 Å². The molecule has 2 rings (SSSR count). The number of rotatable bonds is 0. The number of furan rings is 1. The molecule has 0 radical (unpaired) electrons. The molecule has 13 heavy (non-hydrogen) atoms. The van der Waals surface area contributed by atoms with Gasteiger partial charge >= 0.3 is 0 Å². The Hall–Kier alpha value is -1.24. The van der Waals surface area contributed by atoms with Crippen molar-refractivity contribution in [2.24, 2.45) is 0 Å². The van der Waals surface area contributed by atoms with Gasteiger partial charge in [0.1, 0.15) is 11.3 Å². The monoisotopic (exact) mass is 174 g/mol. The van der Waals surface area contributed by atoms with Crippen LogP contribution in [0.1, 0.15) is 22.5 Å². The normalized spacial score (nSPS) is 11.1. The largest absolute Gasteiger partial charge is 0.461 e. The average molecular weight is 174 g/mol. The van der Waals surface area contributed by atoms with Crippen molar-refractivity contribution in [3.63, 3.8) is 0 Å². The maximum Gasteiger partial charge on any atom is 0.134 e. The lowest BCUT2D eigenvalue weighted by Crippen LogP contribution is -1.85. The van der Waals surface area contributed by atoms with Crippen LogP contribution in [0.4, 0.5) is 0 Å². The average Bonchev–Trinajstić information content (AvgIpc) is 2.42. The van der Waals surface area contributed by atoms with E-state index in [1.54, 1.807) is 0 Å². The molecule has 0 saturated carbocycles. The quantitative estimate of drug-likeness (QED) is 0.594. The third kappa shape index (κ3) is 1.15. The predicted molar refractivity (Wildman–Crippen MR) is 55.2 cm³/mol. The minimum atomic E-state index is 0.989. The fourth-order valence-corrected chi connectivity index (χ4v) is 1.74. The smallest absolute Gasteiger partial charge is 0.134 e. The van der Waals surface area contributed by atoms with E-state index < -0.39 is 0 Å². The Kier molecular flexibility index (Phi) is 1.69. The molecule has 1 nitrogen and oxygen atoms in total. The lowest BCUT2D eigenvalue weighted by molar-refractivity contribution is 0.578. The van der Waals surface area contributed by atoms with Crippen molar-refractivity contribution in [1.82, 2.24) is 0 Å². The molecule has 0 fully saturated rings. The highest BCUT2D eigenvalue weighted by atomic mass is 16.3. The van der Waals surface area contributed by atoms with Gasteiger partial charge in [-0.05, 0) is 56.5 Å². The molecule has 1 heteroatoms. The number of hydrogen-bond donors (Lipinski definition) is 0. The van der Waals surface area contributed by atoms with E-state index in [1.807, 2.05) is 6.92 Å². The van der Waals surface area contributed by atoms with E-state index >= 15 is 0 Å². The minimum Gasteiger partial charge on any atom is -0.461 e. The van der Waals surface area contributed by atoms with E-state index in [9.17, 15) is 0 Å². The molecule has 0 N–H and O–H groups in total. The van der Waals surface area contributed by atoms with Gasteiger partial charge in [-0.3, -0.25) is 0 Å². The lowest BCUT2D eigenvalue weighted by Gasteiger charge is -2.04. The summed E-state index contributed by atoms with van der Waals surface area (Å²) in [6, 6.07) is 4.22. The zero-order chi connectivity index (χ0) is 9.59. The van der Waals surface area contributed by atoms with Gasteiger partial charge in [-0.2, -0.15) is 0 Å². The number of aryl methyl sites for hydroxylation is 3. The second-order valence-electron chi connectivity index (χ2n) is 3.71. The van der Waals surface area contributed by atoms with Gasteiger partial charge in [-0.15, -0.1) is 0 Å². The maximum atomic E-state index is 5.58. The highest BCUT2D eigenvalue weighted by Crippen LogP contribution is 2.27. The Balaban J connectivity index is 2.92. The van der Waals surface area contributed by atoms with E-state index in [-0.39, 0.29) is 0 Å². The number of hydrogen-bond acceptors (Lipinski definition) is 1. The highest BCUT2D eigenvalue weighted by molar-refractivity contribution is 5.83. The van der Waals surface area contributed by atoms with Crippen LogP contribution in [-0.2, 0) is 0 Å². The van der Waals surface area contributed by atoms with Gasteiger partial charge in [0.2, 0.25) is 0 Å². The fraction of sp³-hybridized carbons (Fsp3) is 0.333. The van der Waals surface area contributed by atoms with Crippen LogP contribution in [0.3, 0.4) is 0 Å². The first-order valence-corrected chi connectivity index (χ1v) is 4.56. The van der Waals surface area contributed by atoms with Gasteiger partial charge in [-0.25, -0.2) is 0 Å². The van der Waals surface area contributed by atoms with Crippen LogP contribution in [0.2, 0.25) is 0 Å². The number of benzene rings is 1. The Labute approximate surface area is 78.4 Å². The van der Waals surface area contributed by atoms with E-state index in [2.05, 4.69) is 32.9 Å². The SMILES string of the molecule is Cc1cc2c(C)c(C)c(C)cc2o1. The molecule has 0 atom stereocenters. The zero-order valence-corrected chi connectivity index (χ0v) is 8.56. The Bertz CT molecular complexity index is 463. The Morgan fingerprint density at radius 3 is 2.31 bits per heavy atom. The maximum absolute atomic E-state index is 5.58. The van der Waals surface area contributed by atoms with Crippen LogP contribution in [-0.4, -0.2) is 0 Å². The van der Waals surface area contributed by atoms with Gasteiger partial charge in [-0.1, -0.05) is 0 Å². The summed E-state index contributed by atoms with van der Waals surface area (Å²) >= 11 is 0. The second kappa shape index (κ2) is 2.63. The van der Waals surface area contributed by atoms with Crippen molar-refractivity contribution in [3.05, 3.63) is 34.6 Å². The molecule has 0 bridgehead atoms. The van der Waals surface area contributed by atoms with Crippen LogP contribution in [0.25, 0.3) is 11.0 Å². The van der Waals surface area contributed by atoms with E-state index in [4.69, 9.17) is 4.42 Å². The molecule has 1 heterocycles. The third-order valence-electron chi connectivity index (χ3n) is 2.79. The second-order valence-corrected chi connectivity index (χ2v) is 3.71. The van der Waals surface area contributed by atoms with Crippen molar-refractivity contribution < 1.29 is 4.42 Å². The molecule has 0 amide bonds. The standard InChI is InChI=1S/C12H14O/c1-7-5-12-11(6-8(2)13-12)10(4)9(7)3/h5-6H,1-4H3. The van der Waals surface area contributed by atoms with Gasteiger partial charge in [0.15, 0.2) is 0 Å². The molecule has 0 aliphatic heterocycles. The lowest BCUT2D eigenvalue weighted by atomic mass is 10.0. The summed E-state index contributed by atoms with van der Waals surface area (Å²) in [5.41, 5.74) is 5.03. The van der Waals surface area contributed by atoms with E-state index in [1.165, 1.54) is 22.1 Å². The topological polar surface area (TPSA) is 13.1 Å². The predicted octanol–water partition coefficient (Wildman–Crippen LogP) is 3.67. The van der Waals surface area contributed by atoms with Gasteiger partial charge in [0.05, 0.1) is 0 Å². The molecule has 1 aromatic carbocycles. The van der Waals surface area contributed by atoms with Crippen molar-refractivity contribution in [1.29, 1.82) is 0 Å². The Morgan fingerprint density at radius 1 is 0.923 bits per heavy atom. The van der Waals surface area contributed by atoms with Crippen molar-refractivity contribution in [3.8, 4) is 0 Å². The molecule has 2 aromatic rings. The zero-order valence-electron chi connectivity index (χ0n) is 8.56. The van der Waals surface area contributed by atoms with Crippen molar-refractivity contribution >= 4 is 11.0 Å². The third-order valence-corrected chi connectivity index (χ3v) is 2.79. The molecule has 0 aliphatic rings. The summed E-state index contributed by atoms with van der Waals surface area (Å²) in [7, 11) is 0. The molecule has 1 aromatic heterocycles. The van der Waals surface area contributed by atoms with Crippen LogP contribution in [0, 0.1) is 27.7 Å². The van der Waals surface area contributed by atoms with Crippen LogP contribution in [0.15, 0.2) is 16.5 Å². The summed E-state index contributed by atoms with van der Waals surface area (Å²) in [5, 5.41) is 1.25. The molecule has 0 spiro atoms. The van der Waals surface area contributed by atoms with Gasteiger partial charge in [0, 0.05) is 5.39 Å². The summed E-state index contributed by atoms with van der Waals surface area (Å²) < 4.78 is 5.58. The molecular weight excluding hydrogens is 160 g/mol. The fourth-order valence-electron chi connectivity index (χ4n) is 1.74. The molecule has 0 saturated heterocycles. The molecular formula is C12H14O. The highest BCUT2D eigenvalue weighted by Gasteiger charge is 2.07. The first-order chi connectivity index (χ1) is 6.09. The molecule has 68 valence electrons.